The Morgan fingerprint density at radius 2 is 1.38 bits per heavy atom. The van der Waals surface area contributed by atoms with Crippen LogP contribution in [0.4, 0.5) is 13.2 Å². The van der Waals surface area contributed by atoms with Gasteiger partial charge in [0.15, 0.2) is 0 Å². The molecule has 1 radical (unpaired) electrons. The first kappa shape index (κ1) is 25.0. The summed E-state index contributed by atoms with van der Waals surface area (Å²) in [7, 11) is 0. The van der Waals surface area contributed by atoms with E-state index in [0.717, 1.165) is 22.9 Å². The Hall–Kier alpha value is -3.60. The maximum Gasteiger partial charge on any atom is 0.108 e. The molecule has 0 fully saturated rings. The molecule has 0 aliphatic heterocycles. The molecule has 0 atom stereocenters. The molecule has 0 saturated heterocycles. The maximum absolute atomic E-state index is 12.9. The minimum absolute atomic E-state index is 0. The summed E-state index contributed by atoms with van der Waals surface area (Å²) in [5.74, 6) is -4.10. The van der Waals surface area contributed by atoms with Gasteiger partial charge in [0.05, 0.1) is 11.6 Å². The zero-order valence-electron chi connectivity index (χ0n) is 17.7. The van der Waals surface area contributed by atoms with Crippen LogP contribution in [-0.2, 0) is 20.1 Å². The van der Waals surface area contributed by atoms with Crippen LogP contribution in [0.15, 0.2) is 103 Å². The Balaban J connectivity index is 0.000000188. The monoisotopic (exact) mass is 631 g/mol. The average molecular weight is 631 g/mol. The fourth-order valence-electron chi connectivity index (χ4n) is 3.07. The van der Waals surface area contributed by atoms with E-state index >= 15 is 0 Å². The van der Waals surface area contributed by atoms with Crippen molar-refractivity contribution in [3.8, 4) is 33.6 Å². The molecule has 2 heterocycles. The van der Waals surface area contributed by atoms with Crippen molar-refractivity contribution in [2.75, 3.05) is 0 Å². The van der Waals surface area contributed by atoms with Gasteiger partial charge in [-0.3, -0.25) is 4.39 Å². The molecule has 0 amide bonds. The molecular formula is C28H17F3IrN2-2. The van der Waals surface area contributed by atoms with Crippen LogP contribution in [0, 0.1) is 29.6 Å². The Morgan fingerprint density at radius 1 is 0.647 bits per heavy atom. The van der Waals surface area contributed by atoms with Crippen molar-refractivity contribution in [1.82, 2.24) is 9.97 Å². The molecule has 3 aromatic carbocycles. The van der Waals surface area contributed by atoms with Crippen LogP contribution in [0.2, 0.25) is 0 Å². The first-order valence-corrected chi connectivity index (χ1v) is 10.1. The zero-order valence-corrected chi connectivity index (χ0v) is 20.1. The van der Waals surface area contributed by atoms with Crippen molar-refractivity contribution in [3.05, 3.63) is 133 Å². The van der Waals surface area contributed by atoms with Gasteiger partial charge < -0.3 is 9.97 Å². The number of aromatic nitrogens is 2. The summed E-state index contributed by atoms with van der Waals surface area (Å²) in [6.45, 7) is 0. The van der Waals surface area contributed by atoms with Crippen LogP contribution in [0.1, 0.15) is 0 Å². The van der Waals surface area contributed by atoms with Gasteiger partial charge in [-0.15, -0.1) is 53.6 Å². The van der Waals surface area contributed by atoms with Gasteiger partial charge in [-0.2, -0.15) is 0 Å². The van der Waals surface area contributed by atoms with E-state index in [4.69, 9.17) is 0 Å². The van der Waals surface area contributed by atoms with Gasteiger partial charge in [0.25, 0.3) is 0 Å². The summed E-state index contributed by atoms with van der Waals surface area (Å²) in [4.78, 5) is 8.37. The second-order valence-electron chi connectivity index (χ2n) is 6.95. The largest absolute Gasteiger partial charge is 0.305 e. The number of nitrogens with zero attached hydrogens (tertiary/aromatic N) is 2. The molecule has 0 aliphatic carbocycles. The molecule has 0 bridgehead atoms. The summed E-state index contributed by atoms with van der Waals surface area (Å²) in [5, 5.41) is 0. The molecule has 2 nitrogen and oxygen atoms in total. The van der Waals surface area contributed by atoms with Crippen LogP contribution in [-0.4, -0.2) is 9.97 Å². The fourth-order valence-corrected chi connectivity index (χ4v) is 3.07. The van der Waals surface area contributed by atoms with E-state index in [0.29, 0.717) is 5.69 Å². The Bertz CT molecular complexity index is 1230. The third-order valence-corrected chi connectivity index (χ3v) is 4.71. The van der Waals surface area contributed by atoms with Gasteiger partial charge in [0, 0.05) is 32.5 Å². The number of hydrogen-bond donors (Lipinski definition) is 0. The number of benzene rings is 3. The topological polar surface area (TPSA) is 25.8 Å². The minimum Gasteiger partial charge on any atom is -0.305 e. The normalized spacial score (nSPS) is 9.97. The molecule has 2 aromatic heterocycles. The maximum atomic E-state index is 12.9. The molecular weight excluding hydrogens is 614 g/mol. The van der Waals surface area contributed by atoms with Crippen LogP contribution in [0.25, 0.3) is 33.6 Å². The Labute approximate surface area is 209 Å². The molecule has 0 saturated carbocycles. The van der Waals surface area contributed by atoms with Crippen molar-refractivity contribution in [3.63, 3.8) is 0 Å². The van der Waals surface area contributed by atoms with Crippen LogP contribution < -0.4 is 0 Å². The summed E-state index contributed by atoms with van der Waals surface area (Å²) >= 11 is 0. The predicted octanol–water partition coefficient (Wildman–Crippen LogP) is 7.18. The van der Waals surface area contributed by atoms with E-state index in [9.17, 15) is 13.2 Å². The molecule has 171 valence electrons. The van der Waals surface area contributed by atoms with Crippen LogP contribution in [0.5, 0.6) is 0 Å². The number of hydrogen-bond acceptors (Lipinski definition) is 2. The molecule has 5 rings (SSSR count). The number of pyridine rings is 2. The van der Waals surface area contributed by atoms with E-state index in [1.54, 1.807) is 18.2 Å². The summed E-state index contributed by atoms with van der Waals surface area (Å²) in [5.41, 5.74) is 4.73. The standard InChI is InChI=1S/C17H12N.C11H5F3N.Ir/c1-3-7-14(8-4-1)16-11-12-17(18-13-16)15-9-5-2-6-10-15;12-8-5-7(6-9(13)11(8)14)10-3-1-2-4-15-10;/h1-9,11-13H;1-5H;/q2*-1;. The third-order valence-electron chi connectivity index (χ3n) is 4.71. The molecule has 0 unspecified atom stereocenters. The fraction of sp³-hybridized carbons (Fsp3) is 0. The van der Waals surface area contributed by atoms with Gasteiger partial charge in [-0.25, -0.2) is 8.78 Å². The molecule has 0 aliphatic rings. The number of halogens is 3. The average Bonchev–Trinajstić information content (AvgIpc) is 2.89. The zero-order chi connectivity index (χ0) is 23.0. The number of rotatable bonds is 3. The second kappa shape index (κ2) is 12.0. The van der Waals surface area contributed by atoms with Crippen molar-refractivity contribution in [2.45, 2.75) is 0 Å². The third kappa shape index (κ3) is 6.25. The Kier molecular flexibility index (Phi) is 8.86. The van der Waals surface area contributed by atoms with Gasteiger partial charge in [0.2, 0.25) is 0 Å². The van der Waals surface area contributed by atoms with Gasteiger partial charge >= 0.3 is 0 Å². The summed E-state index contributed by atoms with van der Waals surface area (Å²) < 4.78 is 38.3. The van der Waals surface area contributed by atoms with E-state index in [1.165, 1.54) is 11.8 Å². The Morgan fingerprint density at radius 3 is 2.00 bits per heavy atom. The molecule has 5 aromatic rings. The minimum atomic E-state index is -1.52. The van der Waals surface area contributed by atoms with Gasteiger partial charge in [-0.1, -0.05) is 54.6 Å². The van der Waals surface area contributed by atoms with Gasteiger partial charge in [-0.05, 0) is 28.6 Å². The predicted molar refractivity (Wildman–Crippen MR) is 122 cm³/mol. The summed E-state index contributed by atoms with van der Waals surface area (Å²) in [6.07, 6.45) is 3.38. The van der Waals surface area contributed by atoms with Crippen molar-refractivity contribution in [1.29, 1.82) is 0 Å². The van der Waals surface area contributed by atoms with E-state index in [2.05, 4.69) is 40.3 Å². The molecule has 0 N–H and O–H groups in total. The van der Waals surface area contributed by atoms with E-state index in [-0.39, 0.29) is 25.7 Å². The van der Waals surface area contributed by atoms with Crippen LogP contribution >= 0.6 is 0 Å². The van der Waals surface area contributed by atoms with Crippen molar-refractivity contribution in [2.24, 2.45) is 0 Å². The van der Waals surface area contributed by atoms with Crippen LogP contribution in [0.3, 0.4) is 0 Å². The van der Waals surface area contributed by atoms with Gasteiger partial charge in [0.1, 0.15) is 5.82 Å². The smallest absolute Gasteiger partial charge is 0.108 e. The van der Waals surface area contributed by atoms with Crippen molar-refractivity contribution >= 4 is 0 Å². The second-order valence-corrected chi connectivity index (χ2v) is 6.95. The van der Waals surface area contributed by atoms with Crippen molar-refractivity contribution < 1.29 is 33.3 Å². The molecule has 6 heteroatoms. The van der Waals surface area contributed by atoms with E-state index in [1.807, 2.05) is 54.7 Å². The molecule has 34 heavy (non-hydrogen) atoms. The SMILES string of the molecule is Fc1[c-]c(-c2ccccn2)cc(F)c1F.[Ir].[c-]1ccccc1-c1ccc(-c2ccccc2)cn1. The first-order valence-electron chi connectivity index (χ1n) is 10.1. The molecule has 0 spiro atoms. The quantitative estimate of drug-likeness (QED) is 0.156. The first-order chi connectivity index (χ1) is 16.1. The summed E-state index contributed by atoms with van der Waals surface area (Å²) in [6, 6.07) is 33.3. The van der Waals surface area contributed by atoms with E-state index < -0.39 is 17.5 Å².